The molecule has 0 heterocycles. The number of nitrogens with two attached hydrogens (primary N) is 1. The van der Waals surface area contributed by atoms with Gasteiger partial charge in [0, 0.05) is 22.0 Å². The first kappa shape index (κ1) is 17.7. The van der Waals surface area contributed by atoms with Crippen molar-refractivity contribution in [2.75, 3.05) is 16.4 Å². The fourth-order valence-electron chi connectivity index (χ4n) is 1.65. The highest BCUT2D eigenvalue weighted by molar-refractivity contribution is 8.00. The zero-order chi connectivity index (χ0) is 17.0. The van der Waals surface area contributed by atoms with E-state index in [4.69, 9.17) is 29.6 Å². The molecule has 23 heavy (non-hydrogen) atoms. The molecule has 0 aliphatic heterocycles. The molecule has 4 N–H and O–H groups in total. The first-order valence-corrected chi connectivity index (χ1v) is 7.82. The summed E-state index contributed by atoms with van der Waals surface area (Å²) in [5.74, 6) is 0. The molecule has 9 heteroatoms. The average Bonchev–Trinajstić information content (AvgIpc) is 2.43. The van der Waals surface area contributed by atoms with E-state index in [9.17, 15) is 13.2 Å². The summed E-state index contributed by atoms with van der Waals surface area (Å²) in [6.45, 7) is 0. The molecule has 0 radical (unpaired) electrons. The summed E-state index contributed by atoms with van der Waals surface area (Å²) in [7, 11) is 0. The lowest BCUT2D eigenvalue weighted by Crippen LogP contribution is -2.19. The van der Waals surface area contributed by atoms with Crippen LogP contribution in [-0.4, -0.2) is 10.6 Å². The van der Waals surface area contributed by atoms with Crippen molar-refractivity contribution >= 4 is 57.8 Å². The van der Waals surface area contributed by atoms with Gasteiger partial charge in [0.25, 0.3) is 0 Å². The Bertz CT molecular complexity index is 705. The number of nitrogen functional groups attached to an aromatic ring is 1. The van der Waals surface area contributed by atoms with Gasteiger partial charge in [-0.15, -0.1) is 0 Å². The monoisotopic (exact) mass is 377 g/mol. The number of hydrogen-bond acceptors (Lipinski definition) is 3. The van der Waals surface area contributed by atoms with Crippen molar-refractivity contribution in [3.63, 3.8) is 0 Å². The Morgan fingerprint density at radius 3 is 2.17 bits per heavy atom. The smallest absolute Gasteiger partial charge is 0.399 e. The maximum atomic E-state index is 12.4. The van der Waals surface area contributed by atoms with E-state index in [0.29, 0.717) is 11.4 Å². The van der Waals surface area contributed by atoms with Gasteiger partial charge < -0.3 is 16.4 Å². The Balaban J connectivity index is 2.01. The predicted molar refractivity (Wildman–Crippen MR) is 94.1 cm³/mol. The highest BCUT2D eigenvalue weighted by atomic mass is 35.5. The molecule has 0 fully saturated rings. The van der Waals surface area contributed by atoms with Gasteiger partial charge in [0.1, 0.15) is 0 Å². The van der Waals surface area contributed by atoms with Crippen LogP contribution in [0.5, 0.6) is 0 Å². The van der Waals surface area contributed by atoms with Crippen LogP contribution in [0.1, 0.15) is 0 Å². The molecule has 0 bridgehead atoms. The molecule has 0 aromatic heterocycles. The van der Waals surface area contributed by atoms with Gasteiger partial charge in [-0.1, -0.05) is 11.6 Å². The van der Waals surface area contributed by atoms with Gasteiger partial charge in [-0.25, -0.2) is 0 Å². The molecule has 0 atom stereocenters. The third-order valence-electron chi connectivity index (χ3n) is 2.58. The van der Waals surface area contributed by atoms with Gasteiger partial charge in [-0.05, 0) is 66.4 Å². The third kappa shape index (κ3) is 5.81. The fraction of sp³-hybridized carbons (Fsp3) is 0.0714. The highest BCUT2D eigenvalue weighted by Crippen LogP contribution is 2.40. The maximum absolute atomic E-state index is 12.4. The van der Waals surface area contributed by atoms with Crippen LogP contribution in [0.15, 0.2) is 47.4 Å². The predicted octanol–water partition coefficient (Wildman–Crippen LogP) is 5.34. The summed E-state index contributed by atoms with van der Waals surface area (Å²) < 4.78 is 37.1. The third-order valence-corrected chi connectivity index (χ3v) is 4.02. The van der Waals surface area contributed by atoms with E-state index in [1.54, 1.807) is 24.3 Å². The van der Waals surface area contributed by atoms with E-state index in [1.807, 2.05) is 0 Å². The van der Waals surface area contributed by atoms with Crippen molar-refractivity contribution in [1.29, 1.82) is 0 Å². The summed E-state index contributed by atoms with van der Waals surface area (Å²) >= 11 is 10.7. The number of thiocarbonyl (C=S) groups is 1. The van der Waals surface area contributed by atoms with Crippen LogP contribution in [0.3, 0.4) is 0 Å². The first-order chi connectivity index (χ1) is 10.7. The largest absolute Gasteiger partial charge is 0.446 e. The summed E-state index contributed by atoms with van der Waals surface area (Å²) in [6.07, 6.45) is 0. The maximum Gasteiger partial charge on any atom is 0.446 e. The number of rotatable bonds is 3. The molecule has 0 unspecified atom stereocenters. The second-order valence-corrected chi connectivity index (χ2v) is 6.32. The topological polar surface area (TPSA) is 50.1 Å². The number of anilines is 3. The minimum Gasteiger partial charge on any atom is -0.399 e. The second kappa shape index (κ2) is 7.29. The van der Waals surface area contributed by atoms with Crippen molar-refractivity contribution in [2.45, 2.75) is 10.4 Å². The number of alkyl halides is 3. The van der Waals surface area contributed by atoms with Crippen molar-refractivity contribution < 1.29 is 13.2 Å². The summed E-state index contributed by atoms with van der Waals surface area (Å²) in [4.78, 5) is -0.0675. The van der Waals surface area contributed by atoms with Gasteiger partial charge >= 0.3 is 5.51 Å². The van der Waals surface area contributed by atoms with E-state index in [1.165, 1.54) is 18.2 Å². The number of benzene rings is 2. The van der Waals surface area contributed by atoms with E-state index in [2.05, 4.69) is 10.6 Å². The molecule has 122 valence electrons. The van der Waals surface area contributed by atoms with E-state index in [0.717, 1.165) is 5.69 Å². The van der Waals surface area contributed by atoms with E-state index >= 15 is 0 Å². The molecule has 0 aliphatic rings. The molecular formula is C14H11ClF3N3S2. The van der Waals surface area contributed by atoms with Crippen LogP contribution in [0.25, 0.3) is 0 Å². The van der Waals surface area contributed by atoms with Crippen molar-refractivity contribution in [3.05, 3.63) is 47.5 Å². The number of nitrogens with one attached hydrogen (secondary N) is 2. The van der Waals surface area contributed by atoms with Gasteiger partial charge in [-0.2, -0.15) is 13.2 Å². The normalized spacial score (nSPS) is 11.1. The summed E-state index contributed by atoms with van der Waals surface area (Å²) in [5, 5.41) is 6.05. The summed E-state index contributed by atoms with van der Waals surface area (Å²) in [6, 6.07) is 11.1. The lowest BCUT2D eigenvalue weighted by atomic mass is 10.3. The van der Waals surface area contributed by atoms with Crippen LogP contribution in [0.2, 0.25) is 5.02 Å². The average molecular weight is 378 g/mol. The number of thioether (sulfide) groups is 1. The van der Waals surface area contributed by atoms with Gasteiger partial charge in [-0.3, -0.25) is 0 Å². The Hall–Kier alpha value is -1.64. The Labute approximate surface area is 145 Å². The Morgan fingerprint density at radius 2 is 1.61 bits per heavy atom. The fourth-order valence-corrected chi connectivity index (χ4v) is 2.72. The molecule has 0 aliphatic carbocycles. The number of halogens is 4. The number of hydrogen-bond donors (Lipinski definition) is 3. The molecule has 0 amide bonds. The molecule has 2 rings (SSSR count). The quantitative estimate of drug-likeness (QED) is 0.383. The zero-order valence-corrected chi connectivity index (χ0v) is 13.8. The molecule has 0 saturated carbocycles. The highest BCUT2D eigenvalue weighted by Gasteiger charge is 2.30. The van der Waals surface area contributed by atoms with Gasteiger partial charge in [0.15, 0.2) is 5.11 Å². The lowest BCUT2D eigenvalue weighted by Gasteiger charge is -2.12. The van der Waals surface area contributed by atoms with Crippen molar-refractivity contribution in [2.24, 2.45) is 0 Å². The molecule has 3 nitrogen and oxygen atoms in total. The molecule has 0 spiro atoms. The van der Waals surface area contributed by atoms with Crippen molar-refractivity contribution in [1.82, 2.24) is 0 Å². The van der Waals surface area contributed by atoms with Crippen LogP contribution < -0.4 is 16.4 Å². The van der Waals surface area contributed by atoms with Gasteiger partial charge in [0.05, 0.1) is 5.02 Å². The van der Waals surface area contributed by atoms with Crippen LogP contribution >= 0.6 is 35.6 Å². The van der Waals surface area contributed by atoms with E-state index < -0.39 is 5.51 Å². The molecule has 2 aromatic carbocycles. The van der Waals surface area contributed by atoms with Crippen LogP contribution in [0.4, 0.5) is 30.2 Å². The lowest BCUT2D eigenvalue weighted by molar-refractivity contribution is -0.0328. The van der Waals surface area contributed by atoms with Crippen LogP contribution in [0, 0.1) is 0 Å². The first-order valence-electron chi connectivity index (χ1n) is 6.22. The van der Waals surface area contributed by atoms with Crippen molar-refractivity contribution in [3.8, 4) is 0 Å². The SMILES string of the molecule is Nc1ccc(NC(=S)Nc2ccc(SC(F)(F)F)c(Cl)c2)cc1. The molecule has 0 saturated heterocycles. The second-order valence-electron chi connectivity index (χ2n) is 4.39. The van der Waals surface area contributed by atoms with Crippen LogP contribution in [-0.2, 0) is 0 Å². The standard InChI is InChI=1S/C14H11ClF3N3S2/c15-11-7-10(5-6-12(11)23-14(16,17)18)21-13(22)20-9-3-1-8(19)2-4-9/h1-7H,19H2,(H2,20,21,22). The molecule has 2 aromatic rings. The van der Waals surface area contributed by atoms with Gasteiger partial charge in [0.2, 0.25) is 0 Å². The Kier molecular flexibility index (Phi) is 5.61. The van der Waals surface area contributed by atoms with E-state index in [-0.39, 0.29) is 26.8 Å². The zero-order valence-electron chi connectivity index (χ0n) is 11.4. The minimum atomic E-state index is -4.38. The Morgan fingerprint density at radius 1 is 1.04 bits per heavy atom. The summed E-state index contributed by atoms with van der Waals surface area (Å²) in [5.41, 5.74) is 3.03. The minimum absolute atomic E-state index is 0.00684. The molecular weight excluding hydrogens is 367 g/mol.